The molecule has 9 heteroatoms. The number of sulfonamides is 1. The maximum atomic E-state index is 12.7. The van der Waals surface area contributed by atoms with E-state index in [1.807, 2.05) is 0 Å². The van der Waals surface area contributed by atoms with Crippen LogP contribution in [0.1, 0.15) is 28.8 Å². The van der Waals surface area contributed by atoms with E-state index in [2.05, 4.69) is 0 Å². The molecule has 2 amide bonds. The first-order chi connectivity index (χ1) is 14.1. The lowest BCUT2D eigenvalue weighted by molar-refractivity contribution is -0.123. The van der Waals surface area contributed by atoms with Crippen LogP contribution >= 0.6 is 11.6 Å². The Kier molecular flexibility index (Phi) is 6.67. The summed E-state index contributed by atoms with van der Waals surface area (Å²) < 4.78 is 25.9. The SMILES string of the molecule is CS(=O)(=O)N(Cc1ccc(C(=O)N2CCC(C(N)=O)CC2)cc1)c1cccc(Cl)c1. The topological polar surface area (TPSA) is 101 Å². The smallest absolute Gasteiger partial charge is 0.253 e. The number of benzene rings is 2. The molecule has 1 aliphatic rings. The van der Waals surface area contributed by atoms with Gasteiger partial charge in [0.25, 0.3) is 5.91 Å². The van der Waals surface area contributed by atoms with Gasteiger partial charge >= 0.3 is 0 Å². The number of primary amides is 1. The second kappa shape index (κ2) is 9.06. The van der Waals surface area contributed by atoms with Crippen LogP contribution in [-0.2, 0) is 21.4 Å². The van der Waals surface area contributed by atoms with E-state index in [9.17, 15) is 18.0 Å². The Morgan fingerprint density at radius 3 is 2.30 bits per heavy atom. The summed E-state index contributed by atoms with van der Waals surface area (Å²) in [6, 6.07) is 13.5. The van der Waals surface area contributed by atoms with Gasteiger partial charge in [0.2, 0.25) is 15.9 Å². The van der Waals surface area contributed by atoms with Gasteiger partial charge in [-0.05, 0) is 48.7 Å². The third-order valence-corrected chi connectivity index (χ3v) is 6.58. The van der Waals surface area contributed by atoms with Crippen molar-refractivity contribution in [3.63, 3.8) is 0 Å². The molecule has 0 aliphatic carbocycles. The maximum absolute atomic E-state index is 12.7. The van der Waals surface area contributed by atoms with Gasteiger partial charge in [0.05, 0.1) is 18.5 Å². The lowest BCUT2D eigenvalue weighted by Gasteiger charge is -2.30. The summed E-state index contributed by atoms with van der Waals surface area (Å²) in [7, 11) is -3.53. The number of piperidine rings is 1. The van der Waals surface area contributed by atoms with Gasteiger partial charge in [-0.3, -0.25) is 13.9 Å². The highest BCUT2D eigenvalue weighted by atomic mass is 35.5. The Bertz CT molecular complexity index is 1030. The number of carbonyl (C=O) groups is 2. The lowest BCUT2D eigenvalue weighted by Crippen LogP contribution is -2.41. The van der Waals surface area contributed by atoms with Crippen molar-refractivity contribution in [1.82, 2.24) is 4.90 Å². The van der Waals surface area contributed by atoms with E-state index >= 15 is 0 Å². The van der Waals surface area contributed by atoms with Crippen LogP contribution in [-0.4, -0.2) is 44.5 Å². The van der Waals surface area contributed by atoms with Crippen LogP contribution in [0.3, 0.4) is 0 Å². The van der Waals surface area contributed by atoms with Crippen LogP contribution in [0.2, 0.25) is 5.02 Å². The van der Waals surface area contributed by atoms with Crippen molar-refractivity contribution >= 4 is 39.1 Å². The molecule has 0 saturated carbocycles. The fourth-order valence-electron chi connectivity index (χ4n) is 3.50. The van der Waals surface area contributed by atoms with Crippen LogP contribution in [0.25, 0.3) is 0 Å². The van der Waals surface area contributed by atoms with Crippen LogP contribution in [0.15, 0.2) is 48.5 Å². The second-order valence-electron chi connectivity index (χ2n) is 7.42. The molecule has 0 atom stereocenters. The molecule has 2 aromatic rings. The number of carbonyl (C=O) groups excluding carboxylic acids is 2. The Morgan fingerprint density at radius 2 is 1.77 bits per heavy atom. The zero-order valence-corrected chi connectivity index (χ0v) is 18.2. The predicted octanol–water partition coefficient (Wildman–Crippen LogP) is 2.64. The molecule has 3 rings (SSSR count). The number of hydrogen-bond donors (Lipinski definition) is 1. The standard InChI is InChI=1S/C21H24ClN3O4S/c1-30(28,29)25(19-4-2-3-18(22)13-19)14-15-5-7-17(8-6-15)21(27)24-11-9-16(10-12-24)20(23)26/h2-8,13,16H,9-12,14H2,1H3,(H2,23,26). The molecule has 1 saturated heterocycles. The number of rotatable bonds is 6. The molecule has 1 heterocycles. The first-order valence-corrected chi connectivity index (χ1v) is 11.8. The van der Waals surface area contributed by atoms with Crippen LogP contribution in [0.4, 0.5) is 5.69 Å². The Labute approximate surface area is 181 Å². The van der Waals surface area contributed by atoms with E-state index in [1.54, 1.807) is 53.4 Å². The van der Waals surface area contributed by atoms with Crippen molar-refractivity contribution in [3.8, 4) is 0 Å². The number of nitrogens with zero attached hydrogens (tertiary/aromatic N) is 2. The molecule has 2 aromatic carbocycles. The first kappa shape index (κ1) is 22.1. The van der Waals surface area contributed by atoms with Crippen molar-refractivity contribution in [2.24, 2.45) is 11.7 Å². The Hall–Kier alpha value is -2.58. The molecule has 1 aliphatic heterocycles. The summed E-state index contributed by atoms with van der Waals surface area (Å²) in [6.45, 7) is 1.10. The number of anilines is 1. The van der Waals surface area contributed by atoms with Crippen LogP contribution < -0.4 is 10.0 Å². The summed E-state index contributed by atoms with van der Waals surface area (Å²) in [4.78, 5) is 25.7. The number of likely N-dealkylation sites (tertiary alicyclic amines) is 1. The van der Waals surface area contributed by atoms with Crippen LogP contribution in [0, 0.1) is 5.92 Å². The van der Waals surface area contributed by atoms with Gasteiger partial charge in [0, 0.05) is 29.6 Å². The molecule has 0 spiro atoms. The minimum Gasteiger partial charge on any atom is -0.369 e. The number of halogens is 1. The van der Waals surface area contributed by atoms with Gasteiger partial charge < -0.3 is 10.6 Å². The molecule has 30 heavy (non-hydrogen) atoms. The third kappa shape index (κ3) is 5.31. The zero-order chi connectivity index (χ0) is 21.9. The van der Waals surface area contributed by atoms with E-state index in [0.29, 0.717) is 42.2 Å². The van der Waals surface area contributed by atoms with Crippen LogP contribution in [0.5, 0.6) is 0 Å². The van der Waals surface area contributed by atoms with Gasteiger partial charge in [0.1, 0.15) is 0 Å². The van der Waals surface area contributed by atoms with E-state index in [4.69, 9.17) is 17.3 Å². The summed E-state index contributed by atoms with van der Waals surface area (Å²) in [6.07, 6.45) is 2.28. The van der Waals surface area contributed by atoms with E-state index in [0.717, 1.165) is 11.8 Å². The van der Waals surface area contributed by atoms with Crippen molar-refractivity contribution < 1.29 is 18.0 Å². The summed E-state index contributed by atoms with van der Waals surface area (Å²) >= 11 is 6.01. The third-order valence-electron chi connectivity index (χ3n) is 5.21. The normalized spacial score (nSPS) is 15.1. The summed E-state index contributed by atoms with van der Waals surface area (Å²) in [5.41, 5.74) is 7.07. The fourth-order valence-corrected chi connectivity index (χ4v) is 4.56. The molecule has 7 nitrogen and oxygen atoms in total. The van der Waals surface area contributed by atoms with E-state index in [-0.39, 0.29) is 24.3 Å². The Balaban J connectivity index is 1.71. The number of nitrogens with two attached hydrogens (primary N) is 1. The molecule has 0 bridgehead atoms. The fraction of sp³-hybridized carbons (Fsp3) is 0.333. The molecular formula is C21H24ClN3O4S. The van der Waals surface area contributed by atoms with Crippen molar-refractivity contribution in [2.45, 2.75) is 19.4 Å². The van der Waals surface area contributed by atoms with Gasteiger partial charge in [-0.2, -0.15) is 0 Å². The van der Waals surface area contributed by atoms with Crippen molar-refractivity contribution in [2.75, 3.05) is 23.7 Å². The van der Waals surface area contributed by atoms with Gasteiger partial charge in [-0.15, -0.1) is 0 Å². The minimum atomic E-state index is -3.53. The zero-order valence-electron chi connectivity index (χ0n) is 16.6. The molecule has 0 aromatic heterocycles. The highest BCUT2D eigenvalue weighted by molar-refractivity contribution is 7.92. The maximum Gasteiger partial charge on any atom is 0.253 e. The molecule has 0 unspecified atom stereocenters. The second-order valence-corrected chi connectivity index (χ2v) is 9.76. The average Bonchev–Trinajstić information content (AvgIpc) is 2.71. The predicted molar refractivity (Wildman–Crippen MR) is 117 cm³/mol. The molecular weight excluding hydrogens is 426 g/mol. The van der Waals surface area contributed by atoms with E-state index < -0.39 is 10.0 Å². The quantitative estimate of drug-likeness (QED) is 0.732. The highest BCUT2D eigenvalue weighted by Gasteiger charge is 2.26. The average molecular weight is 450 g/mol. The number of amides is 2. The minimum absolute atomic E-state index is 0.112. The highest BCUT2D eigenvalue weighted by Crippen LogP contribution is 2.24. The van der Waals surface area contributed by atoms with Crippen molar-refractivity contribution in [3.05, 3.63) is 64.7 Å². The lowest BCUT2D eigenvalue weighted by atomic mass is 9.96. The summed E-state index contributed by atoms with van der Waals surface area (Å²) in [5, 5.41) is 0.446. The van der Waals surface area contributed by atoms with E-state index in [1.165, 1.54) is 4.31 Å². The summed E-state index contributed by atoms with van der Waals surface area (Å²) in [5.74, 6) is -0.606. The first-order valence-electron chi connectivity index (χ1n) is 9.56. The van der Waals surface area contributed by atoms with Gasteiger partial charge in [-0.1, -0.05) is 29.8 Å². The van der Waals surface area contributed by atoms with Crippen molar-refractivity contribution in [1.29, 1.82) is 0 Å². The molecule has 2 N–H and O–H groups in total. The largest absolute Gasteiger partial charge is 0.369 e. The monoisotopic (exact) mass is 449 g/mol. The molecule has 1 fully saturated rings. The van der Waals surface area contributed by atoms with Gasteiger partial charge in [0.15, 0.2) is 0 Å². The molecule has 0 radical (unpaired) electrons. The molecule has 160 valence electrons. The van der Waals surface area contributed by atoms with Gasteiger partial charge in [-0.25, -0.2) is 8.42 Å². The number of hydrogen-bond acceptors (Lipinski definition) is 4. The Morgan fingerprint density at radius 1 is 1.13 bits per heavy atom.